The van der Waals surface area contributed by atoms with Crippen LogP contribution in [0.15, 0.2) is 18.2 Å². The van der Waals surface area contributed by atoms with Crippen molar-refractivity contribution < 1.29 is 4.74 Å². The molecular weight excluding hydrogens is 258 g/mol. The molecule has 0 fully saturated rings. The van der Waals surface area contributed by atoms with Gasteiger partial charge in [-0.25, -0.2) is 0 Å². The van der Waals surface area contributed by atoms with Gasteiger partial charge in [-0.15, -0.1) is 0 Å². The average Bonchev–Trinajstić information content (AvgIpc) is 2.44. The van der Waals surface area contributed by atoms with Crippen LogP contribution in [-0.4, -0.2) is 6.61 Å². The molecule has 0 bridgehead atoms. The Bertz CT molecular complexity index is 659. The summed E-state index contributed by atoms with van der Waals surface area (Å²) in [5, 5.41) is 9.00. The molecule has 110 valence electrons. The van der Waals surface area contributed by atoms with Crippen LogP contribution in [0.3, 0.4) is 0 Å². The van der Waals surface area contributed by atoms with Crippen LogP contribution in [0.1, 0.15) is 63.6 Å². The lowest BCUT2D eigenvalue weighted by Gasteiger charge is -2.42. The van der Waals surface area contributed by atoms with Crippen LogP contribution in [0, 0.1) is 11.3 Å². The van der Waals surface area contributed by atoms with Crippen LogP contribution in [0.4, 0.5) is 0 Å². The molecule has 1 aliphatic heterocycles. The fourth-order valence-corrected chi connectivity index (χ4v) is 3.60. The van der Waals surface area contributed by atoms with E-state index in [1.807, 2.05) is 0 Å². The molecule has 1 aromatic carbocycles. The number of hydrogen-bond acceptors (Lipinski definition) is 2. The lowest BCUT2D eigenvalue weighted by Crippen LogP contribution is -2.34. The molecule has 0 amide bonds. The van der Waals surface area contributed by atoms with Gasteiger partial charge in [-0.05, 0) is 52.5 Å². The highest BCUT2D eigenvalue weighted by molar-refractivity contribution is 5.75. The third-order valence-corrected chi connectivity index (χ3v) is 5.17. The first-order valence-corrected chi connectivity index (χ1v) is 7.76. The fraction of sp³-hybridized carbons (Fsp3) is 0.526. The second-order valence-electron chi connectivity index (χ2n) is 7.56. The van der Waals surface area contributed by atoms with Gasteiger partial charge in [0.05, 0.1) is 12.7 Å². The molecule has 1 aromatic rings. The molecule has 2 heteroatoms. The van der Waals surface area contributed by atoms with E-state index in [-0.39, 0.29) is 10.8 Å². The van der Waals surface area contributed by atoms with Crippen LogP contribution < -0.4 is 4.74 Å². The highest BCUT2D eigenvalue weighted by atomic mass is 16.5. The number of fused-ring (bicyclic) bond motifs is 2. The number of hydrogen-bond donors (Lipinski definition) is 0. The third-order valence-electron chi connectivity index (χ3n) is 5.17. The van der Waals surface area contributed by atoms with E-state index >= 15 is 0 Å². The topological polar surface area (TPSA) is 33.0 Å². The first-order valence-electron chi connectivity index (χ1n) is 7.76. The summed E-state index contributed by atoms with van der Waals surface area (Å²) in [4.78, 5) is 0. The van der Waals surface area contributed by atoms with E-state index in [1.165, 1.54) is 24.0 Å². The lowest BCUT2D eigenvalue weighted by atomic mass is 9.62. The van der Waals surface area contributed by atoms with Crippen molar-refractivity contribution >= 4 is 5.57 Å². The van der Waals surface area contributed by atoms with Crippen LogP contribution >= 0.6 is 0 Å². The lowest BCUT2D eigenvalue weighted by molar-refractivity contribution is 0.305. The zero-order valence-corrected chi connectivity index (χ0v) is 13.4. The summed E-state index contributed by atoms with van der Waals surface area (Å²) in [5.41, 5.74) is 5.45. The van der Waals surface area contributed by atoms with Gasteiger partial charge in [-0.2, -0.15) is 5.26 Å². The molecule has 0 N–H and O–H groups in total. The van der Waals surface area contributed by atoms with Gasteiger partial charge in [0.25, 0.3) is 0 Å². The smallest absolute Gasteiger partial charge is 0.127 e. The number of nitrogens with zero attached hydrogens (tertiary/aromatic N) is 1. The Balaban J connectivity index is 2.25. The van der Waals surface area contributed by atoms with Crippen LogP contribution in [0.5, 0.6) is 5.75 Å². The normalized spacial score (nSPS) is 23.7. The molecular formula is C19H23NO. The highest BCUT2D eigenvalue weighted by Crippen LogP contribution is 2.49. The summed E-state index contributed by atoms with van der Waals surface area (Å²) < 4.78 is 5.88. The van der Waals surface area contributed by atoms with Gasteiger partial charge in [0.2, 0.25) is 0 Å². The minimum atomic E-state index is 0.190. The molecule has 0 saturated carbocycles. The van der Waals surface area contributed by atoms with Crippen molar-refractivity contribution in [1.82, 2.24) is 0 Å². The van der Waals surface area contributed by atoms with Gasteiger partial charge < -0.3 is 4.74 Å². The predicted molar refractivity (Wildman–Crippen MR) is 85.4 cm³/mol. The number of benzene rings is 1. The quantitative estimate of drug-likeness (QED) is 0.644. The van der Waals surface area contributed by atoms with Gasteiger partial charge in [0, 0.05) is 18.1 Å². The van der Waals surface area contributed by atoms with Gasteiger partial charge in [-0.1, -0.05) is 27.7 Å². The van der Waals surface area contributed by atoms with Crippen LogP contribution in [0.2, 0.25) is 0 Å². The van der Waals surface area contributed by atoms with Crippen LogP contribution in [0.25, 0.3) is 5.57 Å². The predicted octanol–water partition coefficient (Wildman–Crippen LogP) is 4.73. The highest BCUT2D eigenvalue weighted by Gasteiger charge is 2.38. The summed E-state index contributed by atoms with van der Waals surface area (Å²) in [7, 11) is 0. The summed E-state index contributed by atoms with van der Waals surface area (Å²) in [6, 6.07) is 6.70. The maximum absolute atomic E-state index is 9.00. The maximum Gasteiger partial charge on any atom is 0.127 e. The summed E-state index contributed by atoms with van der Waals surface area (Å²) in [6.07, 6.45) is 4.90. The van der Waals surface area contributed by atoms with Gasteiger partial charge >= 0.3 is 0 Å². The van der Waals surface area contributed by atoms with Gasteiger partial charge in [0.15, 0.2) is 0 Å². The molecule has 2 nitrogen and oxygen atoms in total. The SMILES string of the molecule is CC1(C)CCC(C)(C)c2cc3c(cc21)OCCC3=CC#N. The first-order chi connectivity index (χ1) is 9.85. The minimum Gasteiger partial charge on any atom is -0.493 e. The number of rotatable bonds is 0. The number of ether oxygens (including phenoxy) is 1. The van der Waals surface area contributed by atoms with Gasteiger partial charge in [-0.3, -0.25) is 0 Å². The zero-order valence-electron chi connectivity index (χ0n) is 13.4. The van der Waals surface area contributed by atoms with Crippen LogP contribution in [-0.2, 0) is 10.8 Å². The fourth-order valence-electron chi connectivity index (χ4n) is 3.60. The molecule has 0 spiro atoms. The van der Waals surface area contributed by atoms with E-state index < -0.39 is 0 Å². The molecule has 0 radical (unpaired) electrons. The van der Waals surface area contributed by atoms with E-state index in [4.69, 9.17) is 10.00 Å². The van der Waals surface area contributed by atoms with E-state index in [0.717, 1.165) is 23.3 Å². The second-order valence-corrected chi connectivity index (χ2v) is 7.56. The van der Waals surface area contributed by atoms with Crippen molar-refractivity contribution in [3.8, 4) is 11.8 Å². The van der Waals surface area contributed by atoms with E-state index in [9.17, 15) is 0 Å². The molecule has 0 saturated heterocycles. The third kappa shape index (κ3) is 2.25. The maximum atomic E-state index is 9.00. The first kappa shape index (κ1) is 14.2. The van der Waals surface area contributed by atoms with Crippen molar-refractivity contribution in [2.45, 2.75) is 57.8 Å². The number of nitriles is 1. The number of allylic oxidation sites excluding steroid dienone is 1. The molecule has 0 atom stereocenters. The molecule has 1 heterocycles. The van der Waals surface area contributed by atoms with E-state index in [2.05, 4.69) is 45.9 Å². The van der Waals surface area contributed by atoms with E-state index in [1.54, 1.807) is 6.08 Å². The summed E-state index contributed by atoms with van der Waals surface area (Å²) in [6.45, 7) is 9.96. The van der Waals surface area contributed by atoms with Crippen molar-refractivity contribution in [2.24, 2.45) is 0 Å². The molecule has 0 aromatic heterocycles. The zero-order chi connectivity index (χ0) is 15.3. The Kier molecular flexibility index (Phi) is 3.13. The Hall–Kier alpha value is -1.75. The monoisotopic (exact) mass is 281 g/mol. The van der Waals surface area contributed by atoms with Crippen molar-refractivity contribution in [3.63, 3.8) is 0 Å². The standard InChI is InChI=1S/C19H23NO/c1-18(2)7-8-19(3,4)16-12-17-14(11-15(16)18)13(5-9-20)6-10-21-17/h5,11-12H,6-8,10H2,1-4H3. The summed E-state index contributed by atoms with van der Waals surface area (Å²) in [5.74, 6) is 0.951. The molecule has 0 unspecified atom stereocenters. The van der Waals surface area contributed by atoms with Gasteiger partial charge in [0.1, 0.15) is 5.75 Å². The Morgan fingerprint density at radius 2 is 1.71 bits per heavy atom. The summed E-state index contributed by atoms with van der Waals surface area (Å²) >= 11 is 0. The minimum absolute atomic E-state index is 0.190. The van der Waals surface area contributed by atoms with Crippen molar-refractivity contribution in [2.75, 3.05) is 6.61 Å². The molecule has 21 heavy (non-hydrogen) atoms. The average molecular weight is 281 g/mol. The Morgan fingerprint density at radius 3 is 2.33 bits per heavy atom. The largest absolute Gasteiger partial charge is 0.493 e. The Labute approximate surface area is 127 Å². The second kappa shape index (κ2) is 4.63. The molecule has 3 rings (SSSR count). The van der Waals surface area contributed by atoms with Crippen molar-refractivity contribution in [3.05, 3.63) is 34.9 Å². The molecule has 1 aliphatic carbocycles. The Morgan fingerprint density at radius 1 is 1.10 bits per heavy atom. The van der Waals surface area contributed by atoms with Crippen molar-refractivity contribution in [1.29, 1.82) is 5.26 Å². The molecule has 2 aliphatic rings. The van der Waals surface area contributed by atoms with E-state index in [0.29, 0.717) is 6.61 Å².